The number of hydrogen-bond acceptors (Lipinski definition) is 3. The first-order valence-electron chi connectivity index (χ1n) is 6.67. The van der Waals surface area contributed by atoms with Crippen LogP contribution >= 0.6 is 15.9 Å². The van der Waals surface area contributed by atoms with Crippen molar-refractivity contribution in [2.75, 3.05) is 0 Å². The average molecular weight is 360 g/mol. The van der Waals surface area contributed by atoms with Crippen LogP contribution in [-0.2, 0) is 10.0 Å². The van der Waals surface area contributed by atoms with Crippen molar-refractivity contribution < 1.29 is 13.2 Å². The lowest BCUT2D eigenvalue weighted by Crippen LogP contribution is -2.42. The third-order valence-electron chi connectivity index (χ3n) is 3.56. The van der Waals surface area contributed by atoms with Crippen LogP contribution in [0.2, 0.25) is 0 Å². The van der Waals surface area contributed by atoms with Crippen LogP contribution in [0.1, 0.15) is 43.0 Å². The predicted molar refractivity (Wildman–Crippen MR) is 81.7 cm³/mol. The van der Waals surface area contributed by atoms with Gasteiger partial charge in [-0.2, -0.15) is 0 Å². The highest BCUT2D eigenvalue weighted by atomic mass is 79.9. The molecule has 1 fully saturated rings. The number of carbonyl (C=O) groups excluding carboxylic acids is 1. The van der Waals surface area contributed by atoms with Crippen LogP contribution in [0.5, 0.6) is 0 Å². The van der Waals surface area contributed by atoms with E-state index >= 15 is 0 Å². The molecule has 0 heterocycles. The summed E-state index contributed by atoms with van der Waals surface area (Å²) in [6.45, 7) is 1.46. The first-order valence-corrected chi connectivity index (χ1v) is 9.07. The van der Waals surface area contributed by atoms with Crippen LogP contribution in [0.3, 0.4) is 0 Å². The van der Waals surface area contributed by atoms with Gasteiger partial charge in [-0.25, -0.2) is 13.1 Å². The molecule has 4 nitrogen and oxygen atoms in total. The fourth-order valence-electron chi connectivity index (χ4n) is 2.35. The van der Waals surface area contributed by atoms with E-state index in [4.69, 9.17) is 0 Å². The van der Waals surface area contributed by atoms with Crippen molar-refractivity contribution in [2.24, 2.45) is 0 Å². The van der Waals surface area contributed by atoms with E-state index in [9.17, 15) is 13.2 Å². The zero-order valence-corrected chi connectivity index (χ0v) is 13.7. The Kier molecular flexibility index (Phi) is 4.99. The summed E-state index contributed by atoms with van der Waals surface area (Å²) in [5.41, 5.74) is 0.514. The van der Waals surface area contributed by atoms with Gasteiger partial charge in [-0.05, 0) is 31.9 Å². The van der Waals surface area contributed by atoms with Gasteiger partial charge in [0.2, 0.25) is 10.0 Å². The maximum atomic E-state index is 12.3. The van der Waals surface area contributed by atoms with Crippen molar-refractivity contribution in [2.45, 2.75) is 48.4 Å². The summed E-state index contributed by atoms with van der Waals surface area (Å²) in [7, 11) is -3.53. The number of hydrogen-bond donors (Lipinski definition) is 1. The Morgan fingerprint density at radius 3 is 2.35 bits per heavy atom. The van der Waals surface area contributed by atoms with Crippen molar-refractivity contribution in [1.82, 2.24) is 4.72 Å². The van der Waals surface area contributed by atoms with E-state index in [2.05, 4.69) is 20.7 Å². The fraction of sp³-hybridized carbons (Fsp3) is 0.500. The number of alkyl halides is 1. The molecule has 1 aliphatic rings. The molecular formula is C14H18BrNO3S. The van der Waals surface area contributed by atoms with Gasteiger partial charge < -0.3 is 0 Å². The molecular weight excluding hydrogens is 342 g/mol. The van der Waals surface area contributed by atoms with E-state index in [1.807, 2.05) is 0 Å². The smallest absolute Gasteiger partial charge is 0.240 e. The van der Waals surface area contributed by atoms with E-state index < -0.39 is 10.0 Å². The van der Waals surface area contributed by atoms with Gasteiger partial charge in [-0.1, -0.05) is 40.9 Å². The minimum absolute atomic E-state index is 0.0683. The van der Waals surface area contributed by atoms with E-state index in [1.54, 1.807) is 12.1 Å². The Morgan fingerprint density at radius 1 is 1.20 bits per heavy atom. The summed E-state index contributed by atoms with van der Waals surface area (Å²) in [5.74, 6) is -0.0743. The molecule has 0 spiro atoms. The molecule has 0 bridgehead atoms. The first-order chi connectivity index (χ1) is 9.40. The Morgan fingerprint density at radius 2 is 1.80 bits per heavy atom. The molecule has 1 N–H and O–H groups in total. The van der Waals surface area contributed by atoms with Crippen LogP contribution in [0.25, 0.3) is 0 Å². The van der Waals surface area contributed by atoms with Crippen LogP contribution in [-0.4, -0.2) is 25.1 Å². The number of ketones is 1. The molecule has 1 saturated carbocycles. The topological polar surface area (TPSA) is 63.2 Å². The highest BCUT2D eigenvalue weighted by Gasteiger charge is 2.27. The minimum atomic E-state index is -3.53. The van der Waals surface area contributed by atoms with Gasteiger partial charge in [-0.15, -0.1) is 0 Å². The molecule has 2 atom stereocenters. The SMILES string of the molecule is CC(=O)c1ccc(S(=O)(=O)NC2CCCCC2Br)cc1. The minimum Gasteiger partial charge on any atom is -0.295 e. The Balaban J connectivity index is 2.15. The second kappa shape index (κ2) is 6.37. The lowest BCUT2D eigenvalue weighted by atomic mass is 9.96. The van der Waals surface area contributed by atoms with E-state index in [-0.39, 0.29) is 21.5 Å². The highest BCUT2D eigenvalue weighted by Crippen LogP contribution is 2.26. The molecule has 110 valence electrons. The number of Topliss-reactive ketones (excluding diaryl/α,β-unsaturated/α-hetero) is 1. The van der Waals surface area contributed by atoms with Gasteiger partial charge in [0, 0.05) is 16.4 Å². The highest BCUT2D eigenvalue weighted by molar-refractivity contribution is 9.09. The molecule has 0 radical (unpaired) electrons. The van der Waals surface area contributed by atoms with E-state index in [0.29, 0.717) is 5.56 Å². The summed E-state index contributed by atoms with van der Waals surface area (Å²) in [6, 6.07) is 5.98. The maximum absolute atomic E-state index is 12.3. The Hall–Kier alpha value is -0.720. The van der Waals surface area contributed by atoms with E-state index in [0.717, 1.165) is 25.7 Å². The number of sulfonamides is 1. The van der Waals surface area contributed by atoms with Crippen LogP contribution in [0.4, 0.5) is 0 Å². The van der Waals surface area contributed by atoms with Gasteiger partial charge in [0.1, 0.15) is 0 Å². The predicted octanol–water partition coefficient (Wildman–Crippen LogP) is 2.87. The third-order valence-corrected chi connectivity index (χ3v) is 6.16. The molecule has 0 amide bonds. The molecule has 20 heavy (non-hydrogen) atoms. The Bertz CT molecular complexity index is 583. The van der Waals surface area contributed by atoms with Crippen molar-refractivity contribution >= 4 is 31.7 Å². The summed E-state index contributed by atoms with van der Waals surface area (Å²) in [5, 5.41) is 0. The summed E-state index contributed by atoms with van der Waals surface area (Å²) >= 11 is 3.54. The molecule has 0 saturated heterocycles. The fourth-order valence-corrected chi connectivity index (χ4v) is 4.56. The number of rotatable bonds is 4. The summed E-state index contributed by atoms with van der Waals surface area (Å²) < 4.78 is 27.4. The second-order valence-electron chi connectivity index (χ2n) is 5.11. The molecule has 1 aliphatic carbocycles. The molecule has 6 heteroatoms. The normalized spacial score (nSPS) is 23.5. The van der Waals surface area contributed by atoms with Crippen molar-refractivity contribution in [1.29, 1.82) is 0 Å². The number of carbonyl (C=O) groups is 1. The molecule has 0 aliphatic heterocycles. The Labute approximate surface area is 128 Å². The monoisotopic (exact) mass is 359 g/mol. The van der Waals surface area contributed by atoms with Gasteiger partial charge in [0.05, 0.1) is 4.90 Å². The average Bonchev–Trinajstić information content (AvgIpc) is 2.41. The van der Waals surface area contributed by atoms with Gasteiger partial charge in [0.25, 0.3) is 0 Å². The third kappa shape index (κ3) is 3.68. The maximum Gasteiger partial charge on any atom is 0.240 e. The standard InChI is InChI=1S/C14H18BrNO3S/c1-10(17)11-6-8-12(9-7-11)20(18,19)16-14-5-3-2-4-13(14)15/h6-9,13-14,16H,2-5H2,1H3. The van der Waals surface area contributed by atoms with Crippen LogP contribution in [0.15, 0.2) is 29.2 Å². The quantitative estimate of drug-likeness (QED) is 0.663. The molecule has 0 aromatic heterocycles. The van der Waals surface area contributed by atoms with Crippen molar-refractivity contribution in [3.8, 4) is 0 Å². The zero-order chi connectivity index (χ0) is 14.8. The zero-order valence-electron chi connectivity index (χ0n) is 11.3. The lowest BCUT2D eigenvalue weighted by Gasteiger charge is -2.27. The lowest BCUT2D eigenvalue weighted by molar-refractivity contribution is 0.101. The molecule has 1 aromatic rings. The van der Waals surface area contributed by atoms with Crippen molar-refractivity contribution in [3.05, 3.63) is 29.8 Å². The van der Waals surface area contributed by atoms with Crippen LogP contribution < -0.4 is 4.72 Å². The van der Waals surface area contributed by atoms with Crippen molar-refractivity contribution in [3.63, 3.8) is 0 Å². The van der Waals surface area contributed by atoms with Gasteiger partial charge in [-0.3, -0.25) is 4.79 Å². The van der Waals surface area contributed by atoms with E-state index in [1.165, 1.54) is 19.1 Å². The first kappa shape index (κ1) is 15.7. The van der Waals surface area contributed by atoms with Gasteiger partial charge in [0.15, 0.2) is 5.78 Å². The number of benzene rings is 1. The summed E-state index contributed by atoms with van der Waals surface area (Å²) in [4.78, 5) is 11.6. The summed E-state index contributed by atoms with van der Waals surface area (Å²) in [6.07, 6.45) is 4.00. The molecule has 2 unspecified atom stereocenters. The van der Waals surface area contributed by atoms with Gasteiger partial charge >= 0.3 is 0 Å². The largest absolute Gasteiger partial charge is 0.295 e. The van der Waals surface area contributed by atoms with Crippen LogP contribution in [0, 0.1) is 0 Å². The molecule has 2 rings (SSSR count). The number of nitrogens with one attached hydrogen (secondary N) is 1. The number of halogens is 1. The second-order valence-corrected chi connectivity index (χ2v) is 8.00. The molecule has 1 aromatic carbocycles.